The summed E-state index contributed by atoms with van der Waals surface area (Å²) in [7, 11) is 1.62. The van der Waals surface area contributed by atoms with Crippen molar-refractivity contribution in [3.8, 4) is 0 Å². The van der Waals surface area contributed by atoms with Crippen molar-refractivity contribution in [1.82, 2.24) is 14.8 Å². The van der Waals surface area contributed by atoms with Crippen LogP contribution in [0.1, 0.15) is 28.1 Å². The van der Waals surface area contributed by atoms with Crippen LogP contribution in [0.3, 0.4) is 0 Å². The highest BCUT2D eigenvalue weighted by molar-refractivity contribution is 5.94. The Morgan fingerprint density at radius 3 is 2.51 bits per heavy atom. The molecule has 0 saturated carbocycles. The lowest BCUT2D eigenvalue weighted by atomic mass is 10.1. The number of H-pyrrole nitrogens is 1. The van der Waals surface area contributed by atoms with E-state index in [0.717, 1.165) is 22.0 Å². The predicted molar refractivity (Wildman–Crippen MR) is 135 cm³/mol. The molecule has 4 aromatic rings. The van der Waals surface area contributed by atoms with Crippen molar-refractivity contribution < 1.29 is 18.7 Å². The number of carbonyl (C=O) groups is 2. The second-order valence-corrected chi connectivity index (χ2v) is 8.46. The molecule has 1 N–H and O–H groups in total. The number of para-hydroxylation sites is 1. The molecule has 4 rings (SSSR count). The van der Waals surface area contributed by atoms with Crippen LogP contribution in [0.4, 0.5) is 0 Å². The van der Waals surface area contributed by atoms with Crippen molar-refractivity contribution in [2.24, 2.45) is 0 Å². The zero-order chi connectivity index (χ0) is 24.5. The van der Waals surface area contributed by atoms with Crippen LogP contribution in [0.25, 0.3) is 10.9 Å². The van der Waals surface area contributed by atoms with Crippen molar-refractivity contribution >= 4 is 22.7 Å². The normalized spacial score (nSPS) is 11.0. The minimum Gasteiger partial charge on any atom is -0.459 e. The number of hydrogen-bond acceptors (Lipinski definition) is 4. The number of nitrogens with one attached hydrogen (secondary N) is 1. The van der Waals surface area contributed by atoms with E-state index in [0.29, 0.717) is 39.1 Å². The van der Waals surface area contributed by atoms with E-state index in [1.165, 1.54) is 6.26 Å². The highest BCUT2D eigenvalue weighted by Gasteiger charge is 2.24. The Balaban J connectivity index is 1.50. The summed E-state index contributed by atoms with van der Waals surface area (Å²) in [4.78, 5) is 33.3. The number of furan rings is 1. The molecule has 7 nitrogen and oxygen atoms in total. The third-order valence-corrected chi connectivity index (χ3v) is 6.02. The van der Waals surface area contributed by atoms with Crippen LogP contribution in [-0.2, 0) is 22.5 Å². The van der Waals surface area contributed by atoms with E-state index < -0.39 is 0 Å². The van der Waals surface area contributed by atoms with Gasteiger partial charge in [-0.1, -0.05) is 48.5 Å². The average Bonchev–Trinajstić information content (AvgIpc) is 3.57. The number of carbonyl (C=O) groups excluding carboxylic acids is 2. The first-order chi connectivity index (χ1) is 17.2. The van der Waals surface area contributed by atoms with E-state index in [4.69, 9.17) is 9.15 Å². The third kappa shape index (κ3) is 6.39. The number of amides is 2. The largest absolute Gasteiger partial charge is 0.459 e. The monoisotopic (exact) mass is 473 g/mol. The summed E-state index contributed by atoms with van der Waals surface area (Å²) in [6.07, 6.45) is 4.81. The average molecular weight is 474 g/mol. The minimum atomic E-state index is -0.296. The number of fused-ring (bicyclic) bond motifs is 1. The topological polar surface area (TPSA) is 78.8 Å². The van der Waals surface area contributed by atoms with E-state index in [1.54, 1.807) is 24.1 Å². The Morgan fingerprint density at radius 2 is 1.74 bits per heavy atom. The molecule has 0 spiro atoms. The van der Waals surface area contributed by atoms with Crippen molar-refractivity contribution in [3.05, 3.63) is 96.1 Å². The van der Waals surface area contributed by atoms with Gasteiger partial charge in [0.15, 0.2) is 5.76 Å². The van der Waals surface area contributed by atoms with Gasteiger partial charge in [-0.25, -0.2) is 0 Å². The molecule has 7 heteroatoms. The minimum absolute atomic E-state index is 0.0238. The summed E-state index contributed by atoms with van der Waals surface area (Å²) in [6, 6.07) is 21.4. The van der Waals surface area contributed by atoms with Gasteiger partial charge in [0.2, 0.25) is 5.91 Å². The number of rotatable bonds is 12. The molecule has 0 fully saturated rings. The third-order valence-electron chi connectivity index (χ3n) is 6.02. The van der Waals surface area contributed by atoms with E-state index in [2.05, 4.69) is 11.1 Å². The van der Waals surface area contributed by atoms with Gasteiger partial charge in [0, 0.05) is 50.5 Å². The first kappa shape index (κ1) is 24.3. The fraction of sp³-hybridized carbons (Fsp3) is 0.286. The molecule has 0 unspecified atom stereocenters. The zero-order valence-corrected chi connectivity index (χ0v) is 20.0. The molecule has 2 aromatic heterocycles. The molecule has 0 saturated heterocycles. The van der Waals surface area contributed by atoms with E-state index in [9.17, 15) is 9.59 Å². The Labute approximate surface area is 205 Å². The Bertz CT molecular complexity index is 1220. The molecule has 35 heavy (non-hydrogen) atoms. The van der Waals surface area contributed by atoms with Crippen LogP contribution >= 0.6 is 0 Å². The second kappa shape index (κ2) is 12.0. The van der Waals surface area contributed by atoms with Crippen molar-refractivity contribution in [1.29, 1.82) is 0 Å². The number of aromatic amines is 1. The van der Waals surface area contributed by atoms with E-state index in [-0.39, 0.29) is 24.1 Å². The molecule has 0 aliphatic heterocycles. The smallest absolute Gasteiger partial charge is 0.290 e. The molecule has 0 aliphatic carbocycles. The van der Waals surface area contributed by atoms with Crippen LogP contribution in [0.5, 0.6) is 0 Å². The molecule has 2 heterocycles. The van der Waals surface area contributed by atoms with Gasteiger partial charge in [0.05, 0.1) is 6.26 Å². The summed E-state index contributed by atoms with van der Waals surface area (Å²) >= 11 is 0. The van der Waals surface area contributed by atoms with Gasteiger partial charge in [0.1, 0.15) is 6.54 Å². The highest BCUT2D eigenvalue weighted by Crippen LogP contribution is 2.19. The van der Waals surface area contributed by atoms with Crippen LogP contribution in [0.15, 0.2) is 83.6 Å². The molecule has 0 aliphatic rings. The molecular formula is C28H31N3O4. The summed E-state index contributed by atoms with van der Waals surface area (Å²) in [5, 5.41) is 1.16. The number of aromatic nitrogens is 1. The first-order valence-corrected chi connectivity index (χ1v) is 11.8. The number of benzene rings is 2. The SMILES string of the molecule is COCCCN(CC(=O)N(CCc1c[nH]c2ccccc12)Cc1ccccc1)C(=O)c1ccco1. The fourth-order valence-electron chi connectivity index (χ4n) is 4.16. The predicted octanol–water partition coefficient (Wildman–Crippen LogP) is 4.51. The Hall–Kier alpha value is -3.84. The van der Waals surface area contributed by atoms with Crippen LogP contribution < -0.4 is 0 Å². The number of nitrogens with zero attached hydrogens (tertiary/aromatic N) is 2. The molecular weight excluding hydrogens is 442 g/mol. The molecule has 182 valence electrons. The molecule has 0 atom stereocenters. The summed E-state index contributed by atoms with van der Waals surface area (Å²) in [5.41, 5.74) is 3.29. The Kier molecular flexibility index (Phi) is 8.35. The zero-order valence-electron chi connectivity index (χ0n) is 20.0. The van der Waals surface area contributed by atoms with E-state index in [1.807, 2.05) is 59.6 Å². The van der Waals surface area contributed by atoms with Crippen LogP contribution in [0, 0.1) is 0 Å². The number of hydrogen-bond donors (Lipinski definition) is 1. The van der Waals surface area contributed by atoms with Gasteiger partial charge in [-0.2, -0.15) is 0 Å². The summed E-state index contributed by atoms with van der Waals surface area (Å²) < 4.78 is 10.5. The van der Waals surface area contributed by atoms with Crippen molar-refractivity contribution in [2.75, 3.05) is 33.4 Å². The van der Waals surface area contributed by atoms with Crippen molar-refractivity contribution in [2.45, 2.75) is 19.4 Å². The van der Waals surface area contributed by atoms with Gasteiger partial charge < -0.3 is 23.9 Å². The van der Waals surface area contributed by atoms with Gasteiger partial charge in [-0.05, 0) is 42.2 Å². The lowest BCUT2D eigenvalue weighted by Crippen LogP contribution is -2.43. The quantitative estimate of drug-likeness (QED) is 0.307. The maximum atomic E-state index is 13.6. The molecule has 0 bridgehead atoms. The molecule has 2 amide bonds. The lowest BCUT2D eigenvalue weighted by molar-refractivity contribution is -0.132. The van der Waals surface area contributed by atoms with Gasteiger partial charge in [-0.15, -0.1) is 0 Å². The van der Waals surface area contributed by atoms with Gasteiger partial charge in [-0.3, -0.25) is 9.59 Å². The Morgan fingerprint density at radius 1 is 0.943 bits per heavy atom. The highest BCUT2D eigenvalue weighted by atomic mass is 16.5. The lowest BCUT2D eigenvalue weighted by Gasteiger charge is -2.27. The van der Waals surface area contributed by atoms with Gasteiger partial charge in [0.25, 0.3) is 5.91 Å². The second-order valence-electron chi connectivity index (χ2n) is 8.46. The molecule has 2 aromatic carbocycles. The molecule has 0 radical (unpaired) electrons. The van der Waals surface area contributed by atoms with Gasteiger partial charge >= 0.3 is 0 Å². The maximum Gasteiger partial charge on any atom is 0.290 e. The standard InChI is InChI=1S/C28H31N3O4/c1-34-17-8-15-31(28(33)26-13-7-18-35-26)21-27(32)30(20-22-9-3-2-4-10-22)16-14-23-19-29-25-12-6-5-11-24(23)25/h2-7,9-13,18-19,29H,8,14-17,20-21H2,1H3. The fourth-order valence-corrected chi connectivity index (χ4v) is 4.16. The number of ether oxygens (including phenoxy) is 1. The summed E-state index contributed by atoms with van der Waals surface area (Å²) in [6.45, 7) is 1.90. The van der Waals surface area contributed by atoms with Crippen LogP contribution in [-0.4, -0.2) is 59.9 Å². The van der Waals surface area contributed by atoms with E-state index >= 15 is 0 Å². The maximum absolute atomic E-state index is 13.6. The van der Waals surface area contributed by atoms with Crippen LogP contribution in [0.2, 0.25) is 0 Å². The number of methoxy groups -OCH3 is 1. The summed E-state index contributed by atoms with van der Waals surface area (Å²) in [5.74, 6) is -0.176. The first-order valence-electron chi connectivity index (χ1n) is 11.8. The van der Waals surface area contributed by atoms with Crippen molar-refractivity contribution in [3.63, 3.8) is 0 Å².